The highest BCUT2D eigenvalue weighted by atomic mass is 16.5. The van der Waals surface area contributed by atoms with Crippen molar-refractivity contribution in [2.45, 2.75) is 99.0 Å². The number of alkyl carbamates (subject to hydrolysis) is 1. The Morgan fingerprint density at radius 1 is 1.10 bits per heavy atom. The van der Waals surface area contributed by atoms with Crippen molar-refractivity contribution >= 4 is 17.7 Å². The average molecular weight is 547 g/mol. The average Bonchev–Trinajstić information content (AvgIpc) is 2.87. The molecule has 6 nitrogen and oxygen atoms in total. The summed E-state index contributed by atoms with van der Waals surface area (Å²) in [4.78, 5) is 44.3. The molecule has 216 valence electrons. The fourth-order valence-electron chi connectivity index (χ4n) is 10.2. The van der Waals surface area contributed by atoms with E-state index in [1.165, 1.54) is 0 Å². The van der Waals surface area contributed by atoms with E-state index in [0.29, 0.717) is 0 Å². The molecule has 0 aromatic carbocycles. The van der Waals surface area contributed by atoms with Crippen LogP contribution >= 0.6 is 0 Å². The highest BCUT2D eigenvalue weighted by Crippen LogP contribution is 2.73. The number of hydrogen-bond acceptors (Lipinski definition) is 4. The maximum absolute atomic E-state index is 14.5. The van der Waals surface area contributed by atoms with Crippen LogP contribution in [-0.4, -0.2) is 29.8 Å². The van der Waals surface area contributed by atoms with Crippen molar-refractivity contribution < 1.29 is 19.1 Å². The second kappa shape index (κ2) is 8.91. The van der Waals surface area contributed by atoms with E-state index in [-0.39, 0.29) is 57.9 Å². The third-order valence-corrected chi connectivity index (χ3v) is 12.5. The van der Waals surface area contributed by atoms with Crippen LogP contribution in [0, 0.1) is 51.4 Å². The molecule has 2 unspecified atom stereocenters. The number of nitrogens with one attached hydrogen (secondary N) is 1. The van der Waals surface area contributed by atoms with Gasteiger partial charge in [0.1, 0.15) is 6.61 Å². The molecule has 0 aliphatic heterocycles. The van der Waals surface area contributed by atoms with Crippen LogP contribution in [0.3, 0.4) is 0 Å². The maximum Gasteiger partial charge on any atom is 0.407 e. The lowest BCUT2D eigenvalue weighted by Crippen LogP contribution is -2.69. The lowest BCUT2D eigenvalue weighted by Gasteiger charge is -2.69. The zero-order valence-corrected chi connectivity index (χ0v) is 25.4. The fourth-order valence-corrected chi connectivity index (χ4v) is 10.2. The molecule has 7 atom stereocenters. The molecule has 3 fully saturated rings. The summed E-state index contributed by atoms with van der Waals surface area (Å²) in [5.74, 6) is -0.142. The maximum atomic E-state index is 14.5. The molecule has 1 amide bonds. The quantitative estimate of drug-likeness (QED) is 0.299. The Kier molecular flexibility index (Phi) is 6.42. The summed E-state index contributed by atoms with van der Waals surface area (Å²) in [6, 6.07) is 0. The zero-order chi connectivity index (χ0) is 29.5. The molecular formula is C34H46N2O4. The molecule has 6 heteroatoms. The molecule has 5 aliphatic carbocycles. The van der Waals surface area contributed by atoms with Crippen molar-refractivity contribution in [1.82, 2.24) is 5.32 Å². The van der Waals surface area contributed by atoms with Crippen LogP contribution in [0.5, 0.6) is 0 Å². The number of ketones is 2. The van der Waals surface area contributed by atoms with Gasteiger partial charge in [-0.25, -0.2) is 9.64 Å². The topological polar surface area (TPSA) is 76.8 Å². The van der Waals surface area contributed by atoms with E-state index in [4.69, 9.17) is 11.3 Å². The number of amides is 1. The van der Waals surface area contributed by atoms with Gasteiger partial charge in [0, 0.05) is 22.3 Å². The highest BCUT2D eigenvalue weighted by molar-refractivity contribution is 6.03. The molecule has 0 heterocycles. The molecule has 1 N–H and O–H groups in total. The van der Waals surface area contributed by atoms with Gasteiger partial charge in [-0.05, 0) is 79.1 Å². The zero-order valence-electron chi connectivity index (χ0n) is 25.4. The van der Waals surface area contributed by atoms with E-state index in [2.05, 4.69) is 51.4 Å². The van der Waals surface area contributed by atoms with E-state index in [9.17, 15) is 14.4 Å². The van der Waals surface area contributed by atoms with Crippen LogP contribution in [0.15, 0.2) is 36.1 Å². The predicted octanol–water partition coefficient (Wildman–Crippen LogP) is 7.22. The monoisotopic (exact) mass is 546 g/mol. The van der Waals surface area contributed by atoms with Gasteiger partial charge >= 0.3 is 6.09 Å². The number of Topliss-reactive ketones (excluding diaryl/α,β-unsaturated/α-hetero) is 1. The van der Waals surface area contributed by atoms with Gasteiger partial charge in [0.25, 0.3) is 0 Å². The minimum absolute atomic E-state index is 0.00217. The number of allylic oxidation sites excluding steroid dienone is 4. The van der Waals surface area contributed by atoms with Crippen molar-refractivity contribution in [3.8, 4) is 0 Å². The van der Waals surface area contributed by atoms with E-state index in [1.807, 2.05) is 26.0 Å². The van der Waals surface area contributed by atoms with Crippen LogP contribution in [0.25, 0.3) is 4.85 Å². The molecule has 40 heavy (non-hydrogen) atoms. The smallest absolute Gasteiger partial charge is 0.407 e. The molecule has 3 saturated carbocycles. The fraction of sp³-hybridized carbons (Fsp3) is 0.706. The largest absolute Gasteiger partial charge is 0.445 e. The van der Waals surface area contributed by atoms with Crippen molar-refractivity contribution in [1.29, 1.82) is 0 Å². The Hall–Kier alpha value is -2.68. The number of nitrogens with zero attached hydrogens (tertiary/aromatic N) is 1. The summed E-state index contributed by atoms with van der Waals surface area (Å²) in [6.45, 7) is 26.9. The number of hydrogen-bond donors (Lipinski definition) is 1. The normalized spacial score (nSPS) is 42.9. The summed E-state index contributed by atoms with van der Waals surface area (Å²) in [7, 11) is 0. The molecule has 0 aromatic rings. The van der Waals surface area contributed by atoms with Crippen molar-refractivity contribution in [3.63, 3.8) is 0 Å². The first-order valence-electron chi connectivity index (χ1n) is 15.0. The van der Waals surface area contributed by atoms with E-state index >= 15 is 0 Å². The molecule has 5 aliphatic rings. The van der Waals surface area contributed by atoms with E-state index in [0.717, 1.165) is 50.5 Å². The lowest BCUT2D eigenvalue weighted by molar-refractivity contribution is -0.160. The summed E-state index contributed by atoms with van der Waals surface area (Å²) < 4.78 is 5.38. The van der Waals surface area contributed by atoms with Gasteiger partial charge in [0.15, 0.2) is 11.6 Å². The van der Waals surface area contributed by atoms with Crippen LogP contribution in [-0.2, 0) is 14.3 Å². The minimum atomic E-state index is -0.669. The first-order chi connectivity index (χ1) is 18.5. The third-order valence-electron chi connectivity index (χ3n) is 12.5. The van der Waals surface area contributed by atoms with E-state index < -0.39 is 22.5 Å². The summed E-state index contributed by atoms with van der Waals surface area (Å²) in [5.41, 5.74) is -0.905. The molecule has 0 aromatic heterocycles. The number of fused-ring (bicyclic) bond motifs is 7. The predicted molar refractivity (Wildman–Crippen MR) is 155 cm³/mol. The Bertz CT molecular complexity index is 1280. The van der Waals surface area contributed by atoms with Crippen molar-refractivity contribution in [2.75, 3.05) is 6.61 Å². The standard InChI is InChI=1S/C34H46N2O4/c1-10-17-40-28(39)36-34-15-13-29(2,3)19-21(34)26-23(37)18-25-31(6)20-22(35-9)27(38)30(4,5)24(31)11-12-32(25,7)33(26,8)14-16-34/h10,18,20-21,24,26H,1,11-17,19H2,2-8H3,(H,36,39)/t21?,24-,26?,31-,32+,33+,34-/m0/s1. The first-order valence-corrected chi connectivity index (χ1v) is 15.0. The van der Waals surface area contributed by atoms with E-state index in [1.54, 1.807) is 6.08 Å². The summed E-state index contributed by atoms with van der Waals surface area (Å²) in [5, 5.41) is 3.28. The second-order valence-corrected chi connectivity index (χ2v) is 15.4. The molecular weight excluding hydrogens is 500 g/mol. The molecule has 0 bridgehead atoms. The van der Waals surface area contributed by atoms with Gasteiger partial charge in [-0.1, -0.05) is 72.8 Å². The van der Waals surface area contributed by atoms with Gasteiger partial charge < -0.3 is 14.8 Å². The SMILES string of the molecule is [C-]#[N+]C1=C[C@]2(C)C3=CC(=O)C4C5CC(C)(C)CC[C@]5(NC(=O)OCC=C)CC[C@@]4(C)[C@]3(C)CC[C@H]2C(C)(C)C1=O. The van der Waals surface area contributed by atoms with Gasteiger partial charge in [-0.2, -0.15) is 0 Å². The molecule has 0 saturated heterocycles. The Balaban J connectivity index is 1.64. The van der Waals surface area contributed by atoms with Crippen LogP contribution in [0.2, 0.25) is 0 Å². The first kappa shape index (κ1) is 28.8. The number of ether oxygens (including phenoxy) is 1. The highest BCUT2D eigenvalue weighted by Gasteiger charge is 2.70. The Morgan fingerprint density at radius 2 is 1.77 bits per heavy atom. The van der Waals surface area contributed by atoms with Crippen molar-refractivity contribution in [2.24, 2.45) is 44.8 Å². The van der Waals surface area contributed by atoms with Gasteiger partial charge in [0.2, 0.25) is 5.70 Å². The molecule has 0 radical (unpaired) electrons. The summed E-state index contributed by atoms with van der Waals surface area (Å²) >= 11 is 0. The second-order valence-electron chi connectivity index (χ2n) is 15.4. The number of carbonyl (C=O) groups is 3. The molecule has 5 rings (SSSR count). The van der Waals surface area contributed by atoms with Crippen LogP contribution < -0.4 is 5.32 Å². The minimum Gasteiger partial charge on any atom is -0.445 e. The van der Waals surface area contributed by atoms with Gasteiger partial charge in [-0.3, -0.25) is 4.79 Å². The molecule has 0 spiro atoms. The number of carbonyl (C=O) groups excluding carboxylic acids is 3. The third kappa shape index (κ3) is 3.75. The lowest BCUT2D eigenvalue weighted by atomic mass is 9.35. The Morgan fingerprint density at radius 3 is 2.42 bits per heavy atom. The van der Waals surface area contributed by atoms with Crippen molar-refractivity contribution in [3.05, 3.63) is 47.5 Å². The van der Waals surface area contributed by atoms with Gasteiger partial charge in [-0.15, -0.1) is 0 Å². The number of rotatable bonds is 3. The van der Waals surface area contributed by atoms with Crippen LogP contribution in [0.4, 0.5) is 4.79 Å². The Labute approximate surface area is 239 Å². The van der Waals surface area contributed by atoms with Crippen LogP contribution in [0.1, 0.15) is 93.4 Å². The summed E-state index contributed by atoms with van der Waals surface area (Å²) in [6.07, 6.45) is 11.0. The van der Waals surface area contributed by atoms with Gasteiger partial charge in [0.05, 0.1) is 6.57 Å².